The Morgan fingerprint density at radius 2 is 1.85 bits per heavy atom. The Bertz CT molecular complexity index is 663. The highest BCUT2D eigenvalue weighted by Crippen LogP contribution is 2.36. The second-order valence-electron chi connectivity index (χ2n) is 6.37. The highest BCUT2D eigenvalue weighted by Gasteiger charge is 2.26. The van der Waals surface area contributed by atoms with Crippen LogP contribution in [0.15, 0.2) is 28.9 Å². The Balaban J connectivity index is 2.53. The van der Waals surface area contributed by atoms with Crippen LogP contribution in [0.3, 0.4) is 0 Å². The third kappa shape index (κ3) is 4.58. The van der Waals surface area contributed by atoms with Gasteiger partial charge in [0.2, 0.25) is 0 Å². The molecule has 2 rings (SSSR count). The molecule has 0 saturated heterocycles. The van der Waals surface area contributed by atoms with Crippen LogP contribution in [0.4, 0.5) is 0 Å². The van der Waals surface area contributed by atoms with E-state index in [-0.39, 0.29) is 11.9 Å². The number of aromatic hydroxyl groups is 1. The van der Waals surface area contributed by atoms with Crippen LogP contribution in [-0.2, 0) is 4.84 Å². The number of ether oxygens (including phenoxy) is 1. The van der Waals surface area contributed by atoms with Crippen LogP contribution < -0.4 is 4.74 Å². The predicted molar refractivity (Wildman–Crippen MR) is 106 cm³/mol. The van der Waals surface area contributed by atoms with Crippen molar-refractivity contribution in [2.45, 2.75) is 66.4 Å². The smallest absolute Gasteiger partial charge is 0.132 e. The Morgan fingerprint density at radius 3 is 2.42 bits per heavy atom. The van der Waals surface area contributed by atoms with Crippen LogP contribution in [0.2, 0.25) is 0 Å². The van der Waals surface area contributed by atoms with E-state index in [4.69, 9.17) is 14.6 Å². The molecule has 0 spiro atoms. The molecule has 1 aromatic rings. The van der Waals surface area contributed by atoms with E-state index in [9.17, 15) is 5.11 Å². The normalized spacial score (nSPS) is 14.8. The van der Waals surface area contributed by atoms with Gasteiger partial charge in [0.1, 0.15) is 11.5 Å². The minimum absolute atomic E-state index is 0.191. The fourth-order valence-electron chi connectivity index (χ4n) is 3.09. The van der Waals surface area contributed by atoms with Crippen LogP contribution in [0.5, 0.6) is 11.5 Å². The molecule has 0 saturated carbocycles. The summed E-state index contributed by atoms with van der Waals surface area (Å²) in [5.74, 6) is 0.841. The van der Waals surface area contributed by atoms with Crippen LogP contribution in [0.1, 0.15) is 65.9 Å². The zero-order valence-electron chi connectivity index (χ0n) is 16.7. The maximum absolute atomic E-state index is 9.85. The van der Waals surface area contributed by atoms with Crippen LogP contribution >= 0.6 is 0 Å². The second-order valence-corrected chi connectivity index (χ2v) is 6.37. The Labute approximate surface area is 157 Å². The fraction of sp³-hybridized carbons (Fsp3) is 0.571. The molecule has 0 amide bonds. The second kappa shape index (κ2) is 9.62. The van der Waals surface area contributed by atoms with Crippen molar-refractivity contribution in [1.82, 2.24) is 5.06 Å². The van der Waals surface area contributed by atoms with E-state index in [1.807, 2.05) is 18.1 Å². The molecule has 0 radical (unpaired) electrons. The summed E-state index contributed by atoms with van der Waals surface area (Å²) in [5.41, 5.74) is 3.91. The Hall–Kier alpha value is -2.01. The first-order chi connectivity index (χ1) is 12.6. The SMILES string of the molecule is CCOc1cc(O)ccc1C1=C(CC)N(OC(CC)CC)CC(CC)=N1. The molecule has 0 bridgehead atoms. The molecule has 1 aliphatic heterocycles. The van der Waals surface area contributed by atoms with Gasteiger partial charge >= 0.3 is 0 Å². The minimum atomic E-state index is 0.191. The highest BCUT2D eigenvalue weighted by atomic mass is 16.7. The summed E-state index contributed by atoms with van der Waals surface area (Å²) >= 11 is 0. The summed E-state index contributed by atoms with van der Waals surface area (Å²) in [5, 5.41) is 11.9. The summed E-state index contributed by atoms with van der Waals surface area (Å²) in [4.78, 5) is 11.2. The van der Waals surface area contributed by atoms with E-state index in [1.165, 1.54) is 0 Å². The molecule has 1 N–H and O–H groups in total. The van der Waals surface area contributed by atoms with Gasteiger partial charge in [-0.3, -0.25) is 14.9 Å². The summed E-state index contributed by atoms with van der Waals surface area (Å²) in [6.07, 6.45) is 3.82. The maximum Gasteiger partial charge on any atom is 0.132 e. The van der Waals surface area contributed by atoms with Gasteiger partial charge in [0.15, 0.2) is 0 Å². The maximum atomic E-state index is 9.85. The molecule has 0 fully saturated rings. The number of hydroxylamine groups is 2. The van der Waals surface area contributed by atoms with Gasteiger partial charge in [-0.05, 0) is 44.7 Å². The van der Waals surface area contributed by atoms with Gasteiger partial charge in [-0.2, -0.15) is 0 Å². The first-order valence-corrected chi connectivity index (χ1v) is 9.77. The summed E-state index contributed by atoms with van der Waals surface area (Å²) < 4.78 is 5.77. The number of rotatable bonds is 9. The number of phenols is 1. The molecule has 0 aromatic heterocycles. The van der Waals surface area contributed by atoms with E-state index in [2.05, 4.69) is 27.7 Å². The van der Waals surface area contributed by atoms with Crippen molar-refractivity contribution in [1.29, 1.82) is 0 Å². The van der Waals surface area contributed by atoms with Crippen molar-refractivity contribution in [3.63, 3.8) is 0 Å². The van der Waals surface area contributed by atoms with Gasteiger partial charge in [0, 0.05) is 17.3 Å². The Kier molecular flexibility index (Phi) is 7.51. The number of hydrogen-bond acceptors (Lipinski definition) is 5. The average Bonchev–Trinajstić information content (AvgIpc) is 2.65. The van der Waals surface area contributed by atoms with Crippen LogP contribution in [-0.4, -0.2) is 35.1 Å². The van der Waals surface area contributed by atoms with Gasteiger partial charge in [-0.25, -0.2) is 0 Å². The Morgan fingerprint density at radius 1 is 1.12 bits per heavy atom. The average molecular weight is 360 g/mol. The molecule has 0 atom stereocenters. The number of phenolic OH excluding ortho intramolecular Hbond substituents is 1. The molecular weight excluding hydrogens is 328 g/mol. The lowest BCUT2D eigenvalue weighted by molar-refractivity contribution is -0.168. The fourth-order valence-corrected chi connectivity index (χ4v) is 3.09. The number of nitrogens with zero attached hydrogens (tertiary/aromatic N) is 2. The van der Waals surface area contributed by atoms with E-state index in [0.29, 0.717) is 18.9 Å². The molecule has 0 unspecified atom stereocenters. The van der Waals surface area contributed by atoms with Crippen molar-refractivity contribution in [3.05, 3.63) is 29.5 Å². The zero-order valence-corrected chi connectivity index (χ0v) is 16.7. The number of hydrogen-bond donors (Lipinski definition) is 1. The number of allylic oxidation sites excluding steroid dienone is 1. The lowest BCUT2D eigenvalue weighted by atomic mass is 10.0. The number of aliphatic imine (C=N–C) groups is 1. The first-order valence-electron chi connectivity index (χ1n) is 9.77. The van der Waals surface area contributed by atoms with E-state index >= 15 is 0 Å². The molecular formula is C21H32N2O3. The van der Waals surface area contributed by atoms with Crippen LogP contribution in [0.25, 0.3) is 5.70 Å². The van der Waals surface area contributed by atoms with E-state index in [0.717, 1.165) is 48.4 Å². The van der Waals surface area contributed by atoms with Crippen molar-refractivity contribution >= 4 is 11.4 Å². The molecule has 5 heteroatoms. The van der Waals surface area contributed by atoms with Crippen molar-refractivity contribution in [2.24, 2.45) is 4.99 Å². The molecule has 144 valence electrons. The largest absolute Gasteiger partial charge is 0.508 e. The van der Waals surface area contributed by atoms with E-state index in [1.54, 1.807) is 12.1 Å². The van der Waals surface area contributed by atoms with Gasteiger partial charge < -0.3 is 9.84 Å². The standard InChI is InChI=1S/C21H32N2O3/c1-6-15-14-23(26-17(7-2)8-3)19(9-4)21(22-15)18-12-11-16(24)13-20(18)25-10-5/h11-13,17,24H,6-10,14H2,1-5H3. The van der Waals surface area contributed by atoms with Crippen LogP contribution in [0, 0.1) is 0 Å². The zero-order chi connectivity index (χ0) is 19.1. The molecule has 1 aliphatic rings. The topological polar surface area (TPSA) is 54.3 Å². The molecule has 1 aromatic carbocycles. The summed E-state index contributed by atoms with van der Waals surface area (Å²) in [6, 6.07) is 5.21. The summed E-state index contributed by atoms with van der Waals surface area (Å²) in [7, 11) is 0. The van der Waals surface area contributed by atoms with Gasteiger partial charge in [-0.15, -0.1) is 0 Å². The number of benzene rings is 1. The lowest BCUT2D eigenvalue weighted by Gasteiger charge is -2.34. The quantitative estimate of drug-likeness (QED) is 0.661. The minimum Gasteiger partial charge on any atom is -0.508 e. The van der Waals surface area contributed by atoms with Gasteiger partial charge in [0.25, 0.3) is 0 Å². The third-order valence-electron chi connectivity index (χ3n) is 4.62. The molecule has 0 aliphatic carbocycles. The molecule has 1 heterocycles. The highest BCUT2D eigenvalue weighted by molar-refractivity contribution is 5.94. The third-order valence-corrected chi connectivity index (χ3v) is 4.62. The first kappa shape index (κ1) is 20.3. The van der Waals surface area contributed by atoms with Crippen molar-refractivity contribution in [2.75, 3.05) is 13.2 Å². The molecule has 5 nitrogen and oxygen atoms in total. The predicted octanol–water partition coefficient (Wildman–Crippen LogP) is 5.16. The lowest BCUT2D eigenvalue weighted by Crippen LogP contribution is -2.36. The van der Waals surface area contributed by atoms with E-state index < -0.39 is 0 Å². The molecule has 26 heavy (non-hydrogen) atoms. The van der Waals surface area contributed by atoms with Gasteiger partial charge in [0.05, 0.1) is 30.6 Å². The van der Waals surface area contributed by atoms with Gasteiger partial charge in [-0.1, -0.05) is 27.7 Å². The van der Waals surface area contributed by atoms with Crippen molar-refractivity contribution in [3.8, 4) is 11.5 Å². The van der Waals surface area contributed by atoms with Crippen molar-refractivity contribution < 1.29 is 14.7 Å². The summed E-state index contributed by atoms with van der Waals surface area (Å²) in [6.45, 7) is 11.7. The monoisotopic (exact) mass is 360 g/mol.